The van der Waals surface area contributed by atoms with E-state index in [1.54, 1.807) is 12.1 Å². The molecular formula is C13H14BrN3O2S. The summed E-state index contributed by atoms with van der Waals surface area (Å²) >= 11 is 3.42. The molecule has 0 radical (unpaired) electrons. The molecule has 0 atom stereocenters. The fraction of sp³-hybridized carbons (Fsp3) is 0.0769. The highest BCUT2D eigenvalue weighted by atomic mass is 79.9. The fourth-order valence-corrected chi connectivity index (χ4v) is 2.81. The van der Waals surface area contributed by atoms with Crippen molar-refractivity contribution >= 4 is 43.0 Å². The van der Waals surface area contributed by atoms with E-state index >= 15 is 0 Å². The summed E-state index contributed by atoms with van der Waals surface area (Å²) in [6, 6.07) is 10.4. The Balaban J connectivity index is 2.47. The van der Waals surface area contributed by atoms with Gasteiger partial charge in [0.25, 0.3) is 0 Å². The highest BCUT2D eigenvalue weighted by Gasteiger charge is 2.15. The Bertz CT molecular complexity index is 760. The van der Waals surface area contributed by atoms with Gasteiger partial charge in [-0.15, -0.1) is 0 Å². The summed E-state index contributed by atoms with van der Waals surface area (Å²) in [5.74, 6) is 0. The third kappa shape index (κ3) is 3.12. The topological polar surface area (TPSA) is 98.2 Å². The highest BCUT2D eigenvalue weighted by molar-refractivity contribution is 9.10. The van der Waals surface area contributed by atoms with E-state index in [2.05, 4.69) is 21.2 Å². The molecule has 2 rings (SSSR count). The van der Waals surface area contributed by atoms with Crippen LogP contribution in [0.15, 0.2) is 45.8 Å². The zero-order valence-corrected chi connectivity index (χ0v) is 13.1. The number of hydrogen-bond acceptors (Lipinski definition) is 4. The molecule has 2 aromatic rings. The van der Waals surface area contributed by atoms with Crippen molar-refractivity contribution in [1.29, 1.82) is 0 Å². The third-order valence-electron chi connectivity index (χ3n) is 2.76. The molecule has 0 bridgehead atoms. The molecule has 106 valence electrons. The van der Waals surface area contributed by atoms with Gasteiger partial charge in [0.1, 0.15) is 4.90 Å². The summed E-state index contributed by atoms with van der Waals surface area (Å²) < 4.78 is 23.7. The molecule has 5 N–H and O–H groups in total. The first-order chi connectivity index (χ1) is 9.29. The standard InChI is InChI=1S/C13H14BrN3O2S/c1-8-5-6-9(14)11(7-8)17-10-3-2-4-12(13(10)15)20(16,18)19/h2-7,17H,15H2,1H3,(H2,16,18,19). The molecule has 0 saturated carbocycles. The van der Waals surface area contributed by atoms with Crippen LogP contribution in [0.25, 0.3) is 0 Å². The maximum Gasteiger partial charge on any atom is 0.240 e. The van der Waals surface area contributed by atoms with E-state index in [4.69, 9.17) is 10.9 Å². The van der Waals surface area contributed by atoms with Crippen molar-refractivity contribution in [2.45, 2.75) is 11.8 Å². The van der Waals surface area contributed by atoms with Crippen LogP contribution < -0.4 is 16.2 Å². The molecule has 5 nitrogen and oxygen atoms in total. The molecule has 0 heterocycles. The molecule has 20 heavy (non-hydrogen) atoms. The number of para-hydroxylation sites is 1. The smallest absolute Gasteiger partial charge is 0.240 e. The summed E-state index contributed by atoms with van der Waals surface area (Å²) in [4.78, 5) is -0.0914. The van der Waals surface area contributed by atoms with Gasteiger partial charge in [-0.2, -0.15) is 0 Å². The van der Waals surface area contributed by atoms with Gasteiger partial charge in [-0.3, -0.25) is 0 Å². The molecule has 7 heteroatoms. The number of nitrogens with two attached hydrogens (primary N) is 2. The number of hydrogen-bond donors (Lipinski definition) is 3. The Morgan fingerprint density at radius 1 is 1.15 bits per heavy atom. The van der Waals surface area contributed by atoms with Gasteiger partial charge >= 0.3 is 0 Å². The number of nitrogens with one attached hydrogen (secondary N) is 1. The van der Waals surface area contributed by atoms with Crippen molar-refractivity contribution in [1.82, 2.24) is 0 Å². The lowest BCUT2D eigenvalue weighted by molar-refractivity contribution is 0.598. The molecule has 0 amide bonds. The lowest BCUT2D eigenvalue weighted by atomic mass is 10.2. The quantitative estimate of drug-likeness (QED) is 0.737. The van der Waals surface area contributed by atoms with Gasteiger partial charge in [-0.05, 0) is 52.7 Å². The van der Waals surface area contributed by atoms with Crippen LogP contribution in [-0.4, -0.2) is 8.42 Å². The first-order valence-corrected chi connectivity index (χ1v) is 8.07. The number of aryl methyl sites for hydroxylation is 1. The van der Waals surface area contributed by atoms with E-state index in [-0.39, 0.29) is 10.6 Å². The molecule has 0 saturated heterocycles. The molecule has 0 unspecified atom stereocenters. The molecule has 0 aromatic heterocycles. The van der Waals surface area contributed by atoms with Gasteiger partial charge in [0.05, 0.1) is 17.1 Å². The minimum absolute atomic E-state index is 0.0914. The number of primary sulfonamides is 1. The van der Waals surface area contributed by atoms with Crippen molar-refractivity contribution in [3.05, 3.63) is 46.4 Å². The van der Waals surface area contributed by atoms with Crippen molar-refractivity contribution < 1.29 is 8.42 Å². The minimum Gasteiger partial charge on any atom is -0.396 e. The molecular weight excluding hydrogens is 342 g/mol. The van der Waals surface area contributed by atoms with Crippen LogP contribution in [0.5, 0.6) is 0 Å². The van der Waals surface area contributed by atoms with Crippen LogP contribution in [0.1, 0.15) is 5.56 Å². The van der Waals surface area contributed by atoms with Crippen LogP contribution in [0.2, 0.25) is 0 Å². The van der Waals surface area contributed by atoms with Gasteiger partial charge in [0, 0.05) is 4.47 Å². The second kappa shape index (κ2) is 5.43. The zero-order chi connectivity index (χ0) is 14.9. The predicted octanol–water partition coefficient (Wildman–Crippen LogP) is 2.73. The Labute approximate surface area is 126 Å². The van der Waals surface area contributed by atoms with Crippen LogP contribution in [0.4, 0.5) is 17.1 Å². The number of nitrogen functional groups attached to an aromatic ring is 1. The lowest BCUT2D eigenvalue weighted by Gasteiger charge is -2.13. The predicted molar refractivity (Wildman–Crippen MR) is 84.4 cm³/mol. The van der Waals surface area contributed by atoms with Crippen molar-refractivity contribution in [3.8, 4) is 0 Å². The van der Waals surface area contributed by atoms with E-state index in [0.29, 0.717) is 5.69 Å². The van der Waals surface area contributed by atoms with Gasteiger partial charge in [0.2, 0.25) is 10.0 Å². The monoisotopic (exact) mass is 355 g/mol. The van der Waals surface area contributed by atoms with Crippen LogP contribution >= 0.6 is 15.9 Å². The largest absolute Gasteiger partial charge is 0.396 e. The summed E-state index contributed by atoms with van der Waals surface area (Å²) in [7, 11) is -3.84. The summed E-state index contributed by atoms with van der Waals surface area (Å²) in [6.45, 7) is 1.96. The zero-order valence-electron chi connectivity index (χ0n) is 10.7. The van der Waals surface area contributed by atoms with Crippen molar-refractivity contribution in [2.24, 2.45) is 5.14 Å². The Morgan fingerprint density at radius 3 is 2.50 bits per heavy atom. The molecule has 2 aromatic carbocycles. The summed E-state index contributed by atoms with van der Waals surface area (Å²) in [5.41, 5.74) is 8.32. The number of anilines is 3. The average molecular weight is 356 g/mol. The number of sulfonamides is 1. The minimum atomic E-state index is -3.84. The first kappa shape index (κ1) is 14.8. The van der Waals surface area contributed by atoms with E-state index in [1.807, 2.05) is 25.1 Å². The normalized spacial score (nSPS) is 11.3. The first-order valence-electron chi connectivity index (χ1n) is 5.73. The number of halogens is 1. The Hall–Kier alpha value is -1.57. The second-order valence-electron chi connectivity index (χ2n) is 4.37. The highest BCUT2D eigenvalue weighted by Crippen LogP contribution is 2.32. The van der Waals surface area contributed by atoms with E-state index < -0.39 is 10.0 Å². The molecule has 0 spiro atoms. The number of benzene rings is 2. The third-order valence-corrected chi connectivity index (χ3v) is 4.42. The fourth-order valence-electron chi connectivity index (χ4n) is 1.78. The number of rotatable bonds is 3. The van der Waals surface area contributed by atoms with Crippen molar-refractivity contribution in [2.75, 3.05) is 11.1 Å². The van der Waals surface area contributed by atoms with Crippen LogP contribution in [0.3, 0.4) is 0 Å². The Morgan fingerprint density at radius 2 is 1.85 bits per heavy atom. The molecule has 0 aliphatic carbocycles. The van der Waals surface area contributed by atoms with Gasteiger partial charge < -0.3 is 11.1 Å². The Kier molecular flexibility index (Phi) is 4.03. The summed E-state index contributed by atoms with van der Waals surface area (Å²) in [5, 5.41) is 8.23. The molecule has 0 aliphatic heterocycles. The van der Waals surface area contributed by atoms with E-state index in [0.717, 1.165) is 15.7 Å². The van der Waals surface area contributed by atoms with Gasteiger partial charge in [0.15, 0.2) is 0 Å². The van der Waals surface area contributed by atoms with Crippen molar-refractivity contribution in [3.63, 3.8) is 0 Å². The molecule has 0 aliphatic rings. The van der Waals surface area contributed by atoms with Crippen LogP contribution in [0, 0.1) is 6.92 Å². The van der Waals surface area contributed by atoms with Crippen LogP contribution in [-0.2, 0) is 10.0 Å². The molecule has 0 fully saturated rings. The SMILES string of the molecule is Cc1ccc(Br)c(Nc2cccc(S(N)(=O)=O)c2N)c1. The second-order valence-corrected chi connectivity index (χ2v) is 6.75. The maximum absolute atomic E-state index is 11.4. The maximum atomic E-state index is 11.4. The summed E-state index contributed by atoms with van der Waals surface area (Å²) in [6.07, 6.45) is 0. The van der Waals surface area contributed by atoms with E-state index in [1.165, 1.54) is 6.07 Å². The lowest BCUT2D eigenvalue weighted by Crippen LogP contribution is -2.15. The van der Waals surface area contributed by atoms with Gasteiger partial charge in [-0.1, -0.05) is 12.1 Å². The van der Waals surface area contributed by atoms with E-state index in [9.17, 15) is 8.42 Å². The van der Waals surface area contributed by atoms with Gasteiger partial charge in [-0.25, -0.2) is 13.6 Å². The average Bonchev–Trinajstić information content (AvgIpc) is 2.35.